The van der Waals surface area contributed by atoms with E-state index >= 15 is 0 Å². The van der Waals surface area contributed by atoms with Crippen LogP contribution in [0.2, 0.25) is 0 Å². The molecule has 1 aromatic carbocycles. The van der Waals surface area contributed by atoms with Gasteiger partial charge in [-0.05, 0) is 18.8 Å². The molecule has 0 aliphatic carbocycles. The molecule has 2 heterocycles. The van der Waals surface area contributed by atoms with Gasteiger partial charge in [0.05, 0.1) is 12.7 Å². The van der Waals surface area contributed by atoms with Crippen LogP contribution in [0.1, 0.15) is 25.7 Å². The Bertz CT molecular complexity index is 743. The van der Waals surface area contributed by atoms with Gasteiger partial charge in [0.2, 0.25) is 5.89 Å². The van der Waals surface area contributed by atoms with Gasteiger partial charge in [-0.25, -0.2) is 4.98 Å². The zero-order valence-electron chi connectivity index (χ0n) is 13.1. The Morgan fingerprint density at radius 3 is 2.87 bits per heavy atom. The highest BCUT2D eigenvalue weighted by Gasteiger charge is 2.27. The lowest BCUT2D eigenvalue weighted by Gasteiger charge is -2.29. The van der Waals surface area contributed by atoms with E-state index in [1.165, 1.54) is 4.31 Å². The Kier molecular flexibility index (Phi) is 4.79. The lowest BCUT2D eigenvalue weighted by atomic mass is 10.0. The first-order valence-corrected chi connectivity index (χ1v) is 9.23. The van der Waals surface area contributed by atoms with Crippen LogP contribution in [-0.4, -0.2) is 30.8 Å². The quantitative estimate of drug-likeness (QED) is 0.910. The Labute approximate surface area is 136 Å². The molecule has 0 radical (unpaired) electrons. The van der Waals surface area contributed by atoms with Gasteiger partial charge >= 0.3 is 0 Å². The van der Waals surface area contributed by atoms with E-state index in [0.29, 0.717) is 30.7 Å². The monoisotopic (exact) mass is 335 g/mol. The average molecular weight is 335 g/mol. The van der Waals surface area contributed by atoms with Crippen molar-refractivity contribution in [3.05, 3.63) is 42.4 Å². The van der Waals surface area contributed by atoms with Gasteiger partial charge < -0.3 is 4.42 Å². The highest BCUT2D eigenvalue weighted by Crippen LogP contribution is 2.20. The largest absolute Gasteiger partial charge is 0.439 e. The van der Waals surface area contributed by atoms with E-state index < -0.39 is 10.2 Å². The number of hydrogen-bond acceptors (Lipinski definition) is 4. The second-order valence-electron chi connectivity index (χ2n) is 5.92. The topological polar surface area (TPSA) is 75.4 Å². The van der Waals surface area contributed by atoms with Crippen molar-refractivity contribution < 1.29 is 12.8 Å². The first kappa shape index (κ1) is 16.2. The van der Waals surface area contributed by atoms with Crippen molar-refractivity contribution in [2.45, 2.75) is 26.3 Å². The highest BCUT2D eigenvalue weighted by atomic mass is 32.2. The van der Waals surface area contributed by atoms with Crippen molar-refractivity contribution in [2.75, 3.05) is 13.1 Å². The summed E-state index contributed by atoms with van der Waals surface area (Å²) >= 11 is 0. The van der Waals surface area contributed by atoms with Crippen molar-refractivity contribution in [1.29, 1.82) is 0 Å². The molecule has 1 aromatic heterocycles. The minimum absolute atomic E-state index is 0.0556. The van der Waals surface area contributed by atoms with Gasteiger partial charge in [0.1, 0.15) is 0 Å². The fourth-order valence-electron chi connectivity index (χ4n) is 2.74. The summed E-state index contributed by atoms with van der Waals surface area (Å²) in [6, 6.07) is 9.59. The number of nitrogens with zero attached hydrogens (tertiary/aromatic N) is 2. The lowest BCUT2D eigenvalue weighted by molar-refractivity contribution is 0.277. The molecule has 1 fully saturated rings. The molecule has 23 heavy (non-hydrogen) atoms. The highest BCUT2D eigenvalue weighted by molar-refractivity contribution is 7.87. The van der Waals surface area contributed by atoms with Crippen molar-refractivity contribution in [2.24, 2.45) is 5.92 Å². The molecule has 1 saturated heterocycles. The molecule has 124 valence electrons. The third-order valence-electron chi connectivity index (χ3n) is 3.98. The van der Waals surface area contributed by atoms with Crippen LogP contribution in [0.5, 0.6) is 0 Å². The van der Waals surface area contributed by atoms with Gasteiger partial charge in [-0.2, -0.15) is 17.4 Å². The summed E-state index contributed by atoms with van der Waals surface area (Å²) in [5.74, 6) is 1.38. The van der Waals surface area contributed by atoms with E-state index in [1.807, 2.05) is 30.3 Å². The van der Waals surface area contributed by atoms with E-state index in [-0.39, 0.29) is 6.54 Å². The molecule has 3 rings (SSSR count). The molecule has 1 atom stereocenters. The van der Waals surface area contributed by atoms with Gasteiger partial charge in [0, 0.05) is 18.7 Å². The minimum atomic E-state index is -3.49. The smallest absolute Gasteiger partial charge is 0.279 e. The van der Waals surface area contributed by atoms with E-state index in [9.17, 15) is 8.42 Å². The molecule has 6 nitrogen and oxygen atoms in total. The summed E-state index contributed by atoms with van der Waals surface area (Å²) in [6.07, 6.45) is 3.59. The Morgan fingerprint density at radius 2 is 2.13 bits per heavy atom. The van der Waals surface area contributed by atoms with Crippen molar-refractivity contribution in [3.8, 4) is 11.3 Å². The molecule has 0 saturated carbocycles. The Balaban J connectivity index is 1.63. The number of rotatable bonds is 5. The molecule has 1 N–H and O–H groups in total. The maximum absolute atomic E-state index is 12.3. The van der Waals surface area contributed by atoms with Gasteiger partial charge in [0.15, 0.2) is 5.76 Å². The van der Waals surface area contributed by atoms with Crippen LogP contribution in [0.3, 0.4) is 0 Å². The SMILES string of the molecule is CC1CCCN(S(=O)(=O)NCc2ncc(-c3ccccc3)o2)C1. The zero-order chi connectivity index (χ0) is 16.3. The maximum atomic E-state index is 12.3. The summed E-state index contributed by atoms with van der Waals surface area (Å²) in [4.78, 5) is 4.14. The van der Waals surface area contributed by atoms with E-state index in [1.54, 1.807) is 6.20 Å². The second-order valence-corrected chi connectivity index (χ2v) is 7.67. The van der Waals surface area contributed by atoms with Crippen molar-refractivity contribution >= 4 is 10.2 Å². The van der Waals surface area contributed by atoms with Gasteiger partial charge in [-0.3, -0.25) is 0 Å². The summed E-state index contributed by atoms with van der Waals surface area (Å²) in [6.45, 7) is 3.26. The van der Waals surface area contributed by atoms with Crippen LogP contribution in [0.4, 0.5) is 0 Å². The predicted octanol–water partition coefficient (Wildman–Crippen LogP) is 2.41. The number of oxazole rings is 1. The molecule has 7 heteroatoms. The predicted molar refractivity (Wildman–Crippen MR) is 87.7 cm³/mol. The number of benzene rings is 1. The molecule has 2 aromatic rings. The molecule has 0 amide bonds. The summed E-state index contributed by atoms with van der Waals surface area (Å²) in [7, 11) is -3.49. The van der Waals surface area contributed by atoms with Gasteiger partial charge in [-0.1, -0.05) is 37.3 Å². The fraction of sp³-hybridized carbons (Fsp3) is 0.438. The van der Waals surface area contributed by atoms with Crippen LogP contribution in [0.15, 0.2) is 40.9 Å². The zero-order valence-corrected chi connectivity index (χ0v) is 13.9. The summed E-state index contributed by atoms with van der Waals surface area (Å²) in [5.41, 5.74) is 0.916. The third-order valence-corrected chi connectivity index (χ3v) is 5.50. The number of piperidine rings is 1. The molecule has 0 bridgehead atoms. The molecule has 1 aliphatic heterocycles. The standard InChI is InChI=1S/C16H21N3O3S/c1-13-6-5-9-19(12-13)23(20,21)18-11-16-17-10-15(22-16)14-7-3-2-4-8-14/h2-4,7-8,10,13,18H,5-6,9,11-12H2,1H3. The van der Waals surface area contributed by atoms with Crippen LogP contribution in [-0.2, 0) is 16.8 Å². The van der Waals surface area contributed by atoms with Crippen molar-refractivity contribution in [1.82, 2.24) is 14.0 Å². The van der Waals surface area contributed by atoms with Crippen LogP contribution >= 0.6 is 0 Å². The van der Waals surface area contributed by atoms with Gasteiger partial charge in [0.25, 0.3) is 10.2 Å². The summed E-state index contributed by atoms with van der Waals surface area (Å²) in [5, 5.41) is 0. The molecule has 1 aliphatic rings. The van der Waals surface area contributed by atoms with E-state index in [4.69, 9.17) is 4.42 Å². The molecule has 0 spiro atoms. The van der Waals surface area contributed by atoms with Crippen LogP contribution in [0.25, 0.3) is 11.3 Å². The molecular formula is C16H21N3O3S. The van der Waals surface area contributed by atoms with E-state index in [2.05, 4.69) is 16.6 Å². The Hall–Kier alpha value is -1.70. The minimum Gasteiger partial charge on any atom is -0.439 e. The molecular weight excluding hydrogens is 314 g/mol. The first-order valence-electron chi connectivity index (χ1n) is 7.79. The fourth-order valence-corrected chi connectivity index (χ4v) is 4.05. The molecule has 1 unspecified atom stereocenters. The number of hydrogen-bond donors (Lipinski definition) is 1. The Morgan fingerprint density at radius 1 is 1.35 bits per heavy atom. The van der Waals surface area contributed by atoms with Crippen LogP contribution in [0, 0.1) is 5.92 Å². The van der Waals surface area contributed by atoms with E-state index in [0.717, 1.165) is 18.4 Å². The second kappa shape index (κ2) is 6.82. The van der Waals surface area contributed by atoms with Gasteiger partial charge in [-0.15, -0.1) is 0 Å². The maximum Gasteiger partial charge on any atom is 0.279 e. The number of nitrogens with one attached hydrogen (secondary N) is 1. The summed E-state index contributed by atoms with van der Waals surface area (Å²) < 4.78 is 34.3. The average Bonchev–Trinajstić information content (AvgIpc) is 3.03. The lowest BCUT2D eigenvalue weighted by Crippen LogP contribution is -2.45. The van der Waals surface area contributed by atoms with Crippen LogP contribution < -0.4 is 4.72 Å². The normalized spacial score (nSPS) is 19.8. The number of aromatic nitrogens is 1. The third kappa shape index (κ3) is 3.99. The van der Waals surface area contributed by atoms with Crippen molar-refractivity contribution in [3.63, 3.8) is 0 Å². The first-order chi connectivity index (χ1) is 11.0.